The first-order valence-corrected chi connectivity index (χ1v) is 6.01. The number of hydrogen-bond donors (Lipinski definition) is 2. The maximum atomic E-state index is 11.3. The van der Waals surface area contributed by atoms with E-state index in [1.807, 2.05) is 19.1 Å². The van der Waals surface area contributed by atoms with Crippen molar-refractivity contribution in [3.63, 3.8) is 0 Å². The second-order valence-corrected chi connectivity index (χ2v) is 4.26. The summed E-state index contributed by atoms with van der Waals surface area (Å²) in [5, 5.41) is 5.67. The average Bonchev–Trinajstić information content (AvgIpc) is 2.76. The minimum atomic E-state index is 0.0101. The first-order chi connectivity index (χ1) is 8.70. The number of carbonyl (C=O) groups is 1. The fraction of sp³-hybridized carbons (Fsp3) is 0.462. The number of carbonyl (C=O) groups excluding carboxylic acids is 1. The van der Waals surface area contributed by atoms with E-state index in [1.165, 1.54) is 5.56 Å². The number of aryl methyl sites for hydroxylation is 1. The molecule has 0 aliphatic carbocycles. The number of amides is 1. The van der Waals surface area contributed by atoms with Gasteiger partial charge in [0.25, 0.3) is 0 Å². The number of benzene rings is 1. The van der Waals surface area contributed by atoms with Crippen LogP contribution in [0.5, 0.6) is 11.5 Å². The van der Waals surface area contributed by atoms with E-state index in [0.29, 0.717) is 13.1 Å². The Balaban J connectivity index is 1.92. The molecule has 2 N–H and O–H groups in total. The van der Waals surface area contributed by atoms with Gasteiger partial charge in [-0.05, 0) is 43.7 Å². The minimum absolute atomic E-state index is 0.0101. The molecule has 0 aromatic heterocycles. The topological polar surface area (TPSA) is 59.6 Å². The summed E-state index contributed by atoms with van der Waals surface area (Å²) in [6, 6.07) is 3.97. The highest BCUT2D eigenvalue weighted by Gasteiger charge is 2.15. The van der Waals surface area contributed by atoms with Crippen molar-refractivity contribution in [2.45, 2.75) is 13.3 Å². The lowest BCUT2D eigenvalue weighted by atomic mass is 10.0. The number of hydrogen-bond acceptors (Lipinski definition) is 4. The van der Waals surface area contributed by atoms with Gasteiger partial charge in [-0.15, -0.1) is 0 Å². The third kappa shape index (κ3) is 2.92. The summed E-state index contributed by atoms with van der Waals surface area (Å²) in [6.07, 6.45) is 0.790. The summed E-state index contributed by atoms with van der Waals surface area (Å²) >= 11 is 0. The lowest BCUT2D eigenvalue weighted by Crippen LogP contribution is -2.33. The molecule has 0 radical (unpaired) electrons. The Morgan fingerprint density at radius 3 is 2.78 bits per heavy atom. The van der Waals surface area contributed by atoms with Crippen LogP contribution in [0.25, 0.3) is 0 Å². The van der Waals surface area contributed by atoms with Crippen molar-refractivity contribution in [2.24, 2.45) is 0 Å². The maximum Gasteiger partial charge on any atom is 0.233 e. The number of nitrogens with one attached hydrogen (secondary N) is 2. The molecule has 2 rings (SSSR count). The molecule has 1 amide bonds. The van der Waals surface area contributed by atoms with E-state index in [9.17, 15) is 4.79 Å². The zero-order valence-electron chi connectivity index (χ0n) is 10.7. The lowest BCUT2D eigenvalue weighted by molar-refractivity contribution is -0.120. The van der Waals surface area contributed by atoms with Gasteiger partial charge in [0.15, 0.2) is 11.5 Å². The van der Waals surface area contributed by atoms with E-state index >= 15 is 0 Å². The molecule has 18 heavy (non-hydrogen) atoms. The standard InChI is InChI=1S/C13H18N2O3/c1-9-5-11-12(18-8-17-11)6-10(9)3-4-15-13(16)7-14-2/h5-6,14H,3-4,7-8H2,1-2H3,(H,15,16). The summed E-state index contributed by atoms with van der Waals surface area (Å²) in [5.74, 6) is 1.60. The van der Waals surface area contributed by atoms with Crippen LogP contribution in [0.4, 0.5) is 0 Å². The van der Waals surface area contributed by atoms with Crippen LogP contribution in [-0.4, -0.2) is 32.8 Å². The molecule has 1 aromatic rings. The lowest BCUT2D eigenvalue weighted by Gasteiger charge is -2.08. The van der Waals surface area contributed by atoms with Crippen LogP contribution in [0.15, 0.2) is 12.1 Å². The van der Waals surface area contributed by atoms with Gasteiger partial charge in [-0.3, -0.25) is 4.79 Å². The fourth-order valence-electron chi connectivity index (χ4n) is 1.91. The van der Waals surface area contributed by atoms with E-state index in [0.717, 1.165) is 23.5 Å². The van der Waals surface area contributed by atoms with Gasteiger partial charge in [-0.25, -0.2) is 0 Å². The minimum Gasteiger partial charge on any atom is -0.454 e. The highest BCUT2D eigenvalue weighted by atomic mass is 16.7. The van der Waals surface area contributed by atoms with Crippen molar-refractivity contribution in [3.8, 4) is 11.5 Å². The van der Waals surface area contributed by atoms with E-state index in [-0.39, 0.29) is 12.7 Å². The number of rotatable bonds is 5. The van der Waals surface area contributed by atoms with Crippen molar-refractivity contribution < 1.29 is 14.3 Å². The second kappa shape index (κ2) is 5.73. The van der Waals surface area contributed by atoms with Crippen LogP contribution < -0.4 is 20.1 Å². The zero-order chi connectivity index (χ0) is 13.0. The molecule has 0 saturated carbocycles. The number of fused-ring (bicyclic) bond motifs is 1. The molecule has 1 heterocycles. The van der Waals surface area contributed by atoms with Gasteiger partial charge in [0.2, 0.25) is 12.7 Å². The Bertz CT molecular complexity index is 446. The van der Waals surface area contributed by atoms with Crippen LogP contribution in [0.2, 0.25) is 0 Å². The van der Waals surface area contributed by atoms with Gasteiger partial charge in [0.05, 0.1) is 6.54 Å². The molecule has 0 spiro atoms. The Morgan fingerprint density at radius 2 is 2.06 bits per heavy atom. The van der Waals surface area contributed by atoms with Crippen molar-refractivity contribution in [1.82, 2.24) is 10.6 Å². The SMILES string of the molecule is CNCC(=O)NCCc1cc2c(cc1C)OCO2. The monoisotopic (exact) mass is 250 g/mol. The highest BCUT2D eigenvalue weighted by molar-refractivity contribution is 5.77. The molecule has 0 atom stereocenters. The Morgan fingerprint density at radius 1 is 1.33 bits per heavy atom. The van der Waals surface area contributed by atoms with Crippen molar-refractivity contribution >= 4 is 5.91 Å². The summed E-state index contributed by atoms with van der Waals surface area (Å²) in [6.45, 7) is 3.30. The van der Waals surface area contributed by atoms with Crippen molar-refractivity contribution in [1.29, 1.82) is 0 Å². The molecular weight excluding hydrogens is 232 g/mol. The van der Waals surface area contributed by atoms with Gasteiger partial charge < -0.3 is 20.1 Å². The second-order valence-electron chi connectivity index (χ2n) is 4.26. The maximum absolute atomic E-state index is 11.3. The third-order valence-electron chi connectivity index (χ3n) is 2.88. The largest absolute Gasteiger partial charge is 0.454 e. The molecule has 98 valence electrons. The van der Waals surface area contributed by atoms with Gasteiger partial charge >= 0.3 is 0 Å². The molecule has 5 nitrogen and oxygen atoms in total. The quantitative estimate of drug-likeness (QED) is 0.803. The van der Waals surface area contributed by atoms with Crippen molar-refractivity contribution in [3.05, 3.63) is 23.3 Å². The molecule has 0 fully saturated rings. The summed E-state index contributed by atoms with van der Waals surface area (Å²) in [7, 11) is 1.75. The summed E-state index contributed by atoms with van der Waals surface area (Å²) in [5.41, 5.74) is 2.33. The summed E-state index contributed by atoms with van der Waals surface area (Å²) < 4.78 is 10.6. The molecule has 0 bridgehead atoms. The highest BCUT2D eigenvalue weighted by Crippen LogP contribution is 2.34. The first kappa shape index (κ1) is 12.7. The Kier molecular flexibility index (Phi) is 4.04. The zero-order valence-corrected chi connectivity index (χ0v) is 10.7. The molecule has 1 aliphatic rings. The summed E-state index contributed by atoms with van der Waals surface area (Å²) in [4.78, 5) is 11.3. The van der Waals surface area contributed by atoms with E-state index < -0.39 is 0 Å². The van der Waals surface area contributed by atoms with Crippen LogP contribution in [0.3, 0.4) is 0 Å². The van der Waals surface area contributed by atoms with Crippen LogP contribution in [0, 0.1) is 6.92 Å². The molecule has 1 aromatic carbocycles. The number of likely N-dealkylation sites (N-methyl/N-ethyl adjacent to an activating group) is 1. The van der Waals surface area contributed by atoms with Gasteiger partial charge in [-0.2, -0.15) is 0 Å². The Labute approximate surface area is 106 Å². The molecule has 0 saturated heterocycles. The van der Waals surface area contributed by atoms with Crippen LogP contribution >= 0.6 is 0 Å². The van der Waals surface area contributed by atoms with Gasteiger partial charge in [0.1, 0.15) is 0 Å². The predicted molar refractivity (Wildman–Crippen MR) is 67.9 cm³/mol. The predicted octanol–water partition coefficient (Wildman–Crippen LogP) is 0.602. The molecule has 5 heteroatoms. The van der Waals surface area contributed by atoms with Crippen LogP contribution in [-0.2, 0) is 11.2 Å². The number of ether oxygens (including phenoxy) is 2. The third-order valence-corrected chi connectivity index (χ3v) is 2.88. The first-order valence-electron chi connectivity index (χ1n) is 6.01. The smallest absolute Gasteiger partial charge is 0.233 e. The molecule has 0 unspecified atom stereocenters. The van der Waals surface area contributed by atoms with Gasteiger partial charge in [0, 0.05) is 6.54 Å². The average molecular weight is 250 g/mol. The van der Waals surface area contributed by atoms with Crippen LogP contribution in [0.1, 0.15) is 11.1 Å². The van der Waals surface area contributed by atoms with Crippen molar-refractivity contribution in [2.75, 3.05) is 26.9 Å². The van der Waals surface area contributed by atoms with Gasteiger partial charge in [-0.1, -0.05) is 0 Å². The van der Waals surface area contributed by atoms with E-state index in [2.05, 4.69) is 10.6 Å². The Hall–Kier alpha value is -1.75. The molecule has 1 aliphatic heterocycles. The molecular formula is C13H18N2O3. The van der Waals surface area contributed by atoms with E-state index in [4.69, 9.17) is 9.47 Å². The normalized spacial score (nSPS) is 12.6. The fourth-order valence-corrected chi connectivity index (χ4v) is 1.91. The van der Waals surface area contributed by atoms with E-state index in [1.54, 1.807) is 7.05 Å².